The fourth-order valence-corrected chi connectivity index (χ4v) is 4.54. The van der Waals surface area contributed by atoms with Crippen LogP contribution in [0.1, 0.15) is 36.2 Å². The molecule has 0 saturated heterocycles. The van der Waals surface area contributed by atoms with Gasteiger partial charge in [0.15, 0.2) is 6.29 Å². The zero-order valence-corrected chi connectivity index (χ0v) is 26.6. The standard InChI is InChI=1S/C13H21NO3.C11H13NO.C11H11NO/c1-10(13(16-3)17-4)14-9-11-6-5-7-12(8-11)15-2;2*1-8-5-9-3-4-11(13-2)6-10(9)7-12-8/h5-8,10,13-14H,9H2,1-4H3;3-6,12H,7H2,1-2H3;3-7H,1-2H3. The average molecular weight is 588 g/mol. The molecule has 0 aliphatic carbocycles. The highest BCUT2D eigenvalue weighted by molar-refractivity contribution is 5.83. The lowest BCUT2D eigenvalue weighted by atomic mass is 10.0. The van der Waals surface area contributed by atoms with E-state index in [1.54, 1.807) is 35.5 Å². The van der Waals surface area contributed by atoms with Gasteiger partial charge in [0, 0.05) is 50.3 Å². The Labute approximate surface area is 256 Å². The summed E-state index contributed by atoms with van der Waals surface area (Å²) in [5.41, 5.74) is 6.01. The Morgan fingerprint density at radius 2 is 1.47 bits per heavy atom. The molecule has 0 saturated carbocycles. The number of aromatic nitrogens is 1. The quantitative estimate of drug-likeness (QED) is 0.215. The Kier molecular flexibility index (Phi) is 13.3. The largest absolute Gasteiger partial charge is 0.497 e. The van der Waals surface area contributed by atoms with Crippen molar-refractivity contribution in [2.75, 3.05) is 35.5 Å². The molecule has 5 rings (SSSR count). The van der Waals surface area contributed by atoms with Crippen LogP contribution in [0.2, 0.25) is 0 Å². The van der Waals surface area contributed by atoms with Gasteiger partial charge in [-0.3, -0.25) is 4.98 Å². The van der Waals surface area contributed by atoms with Gasteiger partial charge in [0.1, 0.15) is 17.2 Å². The van der Waals surface area contributed by atoms with Crippen LogP contribution < -0.4 is 24.8 Å². The maximum atomic E-state index is 5.19. The second-order valence-electron chi connectivity index (χ2n) is 10.1. The molecule has 0 spiro atoms. The molecule has 1 aliphatic heterocycles. The van der Waals surface area contributed by atoms with Gasteiger partial charge in [0.05, 0.1) is 27.4 Å². The molecule has 43 heavy (non-hydrogen) atoms. The maximum absolute atomic E-state index is 5.19. The van der Waals surface area contributed by atoms with Crippen molar-refractivity contribution in [2.45, 2.75) is 46.2 Å². The molecule has 0 radical (unpaired) electrons. The minimum absolute atomic E-state index is 0.121. The zero-order valence-electron chi connectivity index (χ0n) is 26.6. The number of methoxy groups -OCH3 is 5. The molecular formula is C35H45N3O5. The smallest absolute Gasteiger partial charge is 0.171 e. The molecule has 0 fully saturated rings. The van der Waals surface area contributed by atoms with E-state index >= 15 is 0 Å². The summed E-state index contributed by atoms with van der Waals surface area (Å²) in [7, 11) is 8.30. The van der Waals surface area contributed by atoms with E-state index in [9.17, 15) is 0 Å². The molecule has 1 atom stereocenters. The van der Waals surface area contributed by atoms with Crippen molar-refractivity contribution in [1.82, 2.24) is 15.6 Å². The lowest BCUT2D eigenvalue weighted by molar-refractivity contribution is -0.119. The van der Waals surface area contributed by atoms with Crippen LogP contribution in [0.4, 0.5) is 0 Å². The molecule has 1 aliphatic rings. The number of allylic oxidation sites excluding steroid dienone is 1. The minimum Gasteiger partial charge on any atom is -0.497 e. The van der Waals surface area contributed by atoms with Crippen LogP contribution in [0.15, 0.2) is 78.6 Å². The van der Waals surface area contributed by atoms with Crippen LogP contribution in [-0.2, 0) is 22.6 Å². The monoisotopic (exact) mass is 587 g/mol. The van der Waals surface area contributed by atoms with Gasteiger partial charge in [-0.1, -0.05) is 24.3 Å². The van der Waals surface area contributed by atoms with Gasteiger partial charge >= 0.3 is 0 Å². The van der Waals surface area contributed by atoms with Crippen molar-refractivity contribution < 1.29 is 23.7 Å². The topological polar surface area (TPSA) is 83.1 Å². The number of rotatable bonds is 9. The van der Waals surface area contributed by atoms with Crippen molar-refractivity contribution in [1.29, 1.82) is 0 Å². The number of hydrogen-bond donors (Lipinski definition) is 2. The van der Waals surface area contributed by atoms with Gasteiger partial charge in [-0.05, 0) is 91.4 Å². The molecule has 230 valence electrons. The van der Waals surface area contributed by atoms with E-state index in [2.05, 4.69) is 52.9 Å². The number of nitrogens with one attached hydrogen (secondary N) is 2. The predicted octanol–water partition coefficient (Wildman–Crippen LogP) is 6.50. The summed E-state index contributed by atoms with van der Waals surface area (Å²) >= 11 is 0. The number of fused-ring (bicyclic) bond motifs is 2. The van der Waals surface area contributed by atoms with E-state index in [1.807, 2.05) is 62.5 Å². The lowest BCUT2D eigenvalue weighted by Gasteiger charge is -2.22. The second-order valence-corrected chi connectivity index (χ2v) is 10.1. The molecule has 2 N–H and O–H groups in total. The highest BCUT2D eigenvalue weighted by atomic mass is 16.7. The predicted molar refractivity (Wildman–Crippen MR) is 174 cm³/mol. The highest BCUT2D eigenvalue weighted by Gasteiger charge is 2.14. The van der Waals surface area contributed by atoms with Gasteiger partial charge < -0.3 is 34.3 Å². The van der Waals surface area contributed by atoms with Gasteiger partial charge in [0.2, 0.25) is 0 Å². The van der Waals surface area contributed by atoms with Crippen LogP contribution in [0.25, 0.3) is 16.8 Å². The fraction of sp³-hybridized carbons (Fsp3) is 0.343. The minimum atomic E-state index is -0.236. The summed E-state index contributed by atoms with van der Waals surface area (Å²) in [4.78, 5) is 4.23. The SMILES string of the molecule is COc1ccc2c(c1)CNC(C)=C2.COc1ccc2cc(C)ncc2c1.COc1cccc(CNC(C)C(OC)OC)c1. The normalized spacial score (nSPS) is 12.4. The zero-order chi connectivity index (χ0) is 31.2. The Bertz CT molecular complexity index is 1470. The lowest BCUT2D eigenvalue weighted by Crippen LogP contribution is -2.39. The molecule has 0 amide bonds. The van der Waals surface area contributed by atoms with Crippen LogP contribution in [0.5, 0.6) is 17.2 Å². The van der Waals surface area contributed by atoms with Crippen LogP contribution in [0, 0.1) is 6.92 Å². The Morgan fingerprint density at radius 1 is 0.791 bits per heavy atom. The Morgan fingerprint density at radius 3 is 2.16 bits per heavy atom. The number of aryl methyl sites for hydroxylation is 1. The summed E-state index contributed by atoms with van der Waals surface area (Å²) in [5.74, 6) is 2.67. The number of pyridine rings is 1. The van der Waals surface area contributed by atoms with E-state index < -0.39 is 0 Å². The molecule has 1 unspecified atom stereocenters. The molecule has 8 heteroatoms. The first-order valence-electron chi connectivity index (χ1n) is 14.2. The van der Waals surface area contributed by atoms with Crippen molar-refractivity contribution >= 4 is 16.8 Å². The first kappa shape index (κ1) is 33.4. The van der Waals surface area contributed by atoms with Crippen molar-refractivity contribution in [3.8, 4) is 17.2 Å². The summed E-state index contributed by atoms with van der Waals surface area (Å²) in [6.07, 6.45) is 3.78. The Balaban J connectivity index is 0.000000179. The van der Waals surface area contributed by atoms with Gasteiger partial charge in [-0.2, -0.15) is 0 Å². The maximum Gasteiger partial charge on any atom is 0.171 e. The van der Waals surface area contributed by atoms with Crippen LogP contribution in [-0.4, -0.2) is 52.9 Å². The van der Waals surface area contributed by atoms with E-state index in [0.717, 1.165) is 41.4 Å². The van der Waals surface area contributed by atoms with Gasteiger partial charge in [-0.25, -0.2) is 0 Å². The van der Waals surface area contributed by atoms with Crippen molar-refractivity contribution in [3.63, 3.8) is 0 Å². The summed E-state index contributed by atoms with van der Waals surface area (Å²) in [6.45, 7) is 7.74. The summed E-state index contributed by atoms with van der Waals surface area (Å²) < 4.78 is 25.8. The summed E-state index contributed by atoms with van der Waals surface area (Å²) in [5, 5.41) is 8.96. The molecular weight excluding hydrogens is 542 g/mol. The number of nitrogens with zero attached hydrogens (tertiary/aromatic N) is 1. The van der Waals surface area contributed by atoms with Gasteiger partial charge in [-0.15, -0.1) is 0 Å². The molecule has 1 aromatic heterocycles. The van der Waals surface area contributed by atoms with Crippen LogP contribution >= 0.6 is 0 Å². The summed E-state index contributed by atoms with van der Waals surface area (Å²) in [6, 6.07) is 22.3. The van der Waals surface area contributed by atoms with Crippen molar-refractivity contribution in [2.24, 2.45) is 0 Å². The highest BCUT2D eigenvalue weighted by Crippen LogP contribution is 2.23. The second kappa shape index (κ2) is 17.1. The third-order valence-corrected chi connectivity index (χ3v) is 6.98. The first-order valence-corrected chi connectivity index (χ1v) is 14.2. The van der Waals surface area contributed by atoms with E-state index in [-0.39, 0.29) is 12.3 Å². The fourth-order valence-electron chi connectivity index (χ4n) is 4.54. The number of hydrogen-bond acceptors (Lipinski definition) is 8. The van der Waals surface area contributed by atoms with E-state index in [4.69, 9.17) is 23.7 Å². The first-order chi connectivity index (χ1) is 20.8. The molecule has 3 aromatic carbocycles. The van der Waals surface area contributed by atoms with Gasteiger partial charge in [0.25, 0.3) is 0 Å². The third kappa shape index (κ3) is 10.3. The van der Waals surface area contributed by atoms with Crippen molar-refractivity contribution in [3.05, 3.63) is 101 Å². The van der Waals surface area contributed by atoms with E-state index in [0.29, 0.717) is 0 Å². The van der Waals surface area contributed by atoms with Crippen LogP contribution in [0.3, 0.4) is 0 Å². The Hall–Kier alpha value is -4.11. The molecule has 8 nitrogen and oxygen atoms in total. The number of ether oxygens (including phenoxy) is 5. The molecule has 2 heterocycles. The third-order valence-electron chi connectivity index (χ3n) is 6.98. The average Bonchev–Trinajstić information content (AvgIpc) is 3.04. The molecule has 4 aromatic rings. The molecule has 0 bridgehead atoms. The number of benzene rings is 3. The van der Waals surface area contributed by atoms with E-state index in [1.165, 1.54) is 27.8 Å².